The number of hydrogen-bond acceptors (Lipinski definition) is 3. The molecular weight excluding hydrogens is 265 g/mol. The fraction of sp³-hybridized carbons (Fsp3) is 0.333. The molecule has 3 nitrogen and oxygen atoms in total. The molecule has 0 aliphatic heterocycles. The van der Waals surface area contributed by atoms with E-state index in [9.17, 15) is 4.39 Å². The summed E-state index contributed by atoms with van der Waals surface area (Å²) < 4.78 is 13.6. The lowest BCUT2D eigenvalue weighted by molar-refractivity contribution is 0.630. The maximum absolute atomic E-state index is 13.6. The standard InChI is InChI=1S/C12H16FN3SSi/c1-18(2,3)8-17-12-14-11(15-16-12)9-6-4-5-7-10(9)13/h4-7H,8H2,1-3H3,(H,14,15,16). The van der Waals surface area contributed by atoms with Crippen LogP contribution in [0.25, 0.3) is 11.4 Å². The molecule has 18 heavy (non-hydrogen) atoms. The predicted molar refractivity (Wildman–Crippen MR) is 75.8 cm³/mol. The molecule has 1 aromatic heterocycles. The Labute approximate surface area is 111 Å². The fourth-order valence-corrected chi connectivity index (χ4v) is 3.88. The van der Waals surface area contributed by atoms with Gasteiger partial charge in [0.1, 0.15) is 5.82 Å². The summed E-state index contributed by atoms with van der Waals surface area (Å²) in [6, 6.07) is 6.57. The molecule has 0 aliphatic rings. The molecule has 0 amide bonds. The lowest BCUT2D eigenvalue weighted by Crippen LogP contribution is -2.23. The van der Waals surface area contributed by atoms with Crippen LogP contribution in [-0.4, -0.2) is 28.6 Å². The van der Waals surface area contributed by atoms with E-state index in [1.807, 2.05) is 0 Å². The van der Waals surface area contributed by atoms with Gasteiger partial charge in [-0.2, -0.15) is 0 Å². The second-order valence-electron chi connectivity index (χ2n) is 5.30. The Bertz CT molecular complexity index is 536. The van der Waals surface area contributed by atoms with E-state index < -0.39 is 8.07 Å². The van der Waals surface area contributed by atoms with Crippen molar-refractivity contribution >= 4 is 19.8 Å². The smallest absolute Gasteiger partial charge is 0.208 e. The third-order valence-corrected chi connectivity index (χ3v) is 6.71. The molecule has 0 unspecified atom stereocenters. The van der Waals surface area contributed by atoms with Crippen molar-refractivity contribution in [3.8, 4) is 11.4 Å². The number of halogens is 1. The molecule has 0 atom stereocenters. The van der Waals surface area contributed by atoms with Gasteiger partial charge in [0.15, 0.2) is 5.82 Å². The zero-order valence-corrected chi connectivity index (χ0v) is 12.5. The normalized spacial score (nSPS) is 11.8. The van der Waals surface area contributed by atoms with Gasteiger partial charge in [-0.1, -0.05) is 43.5 Å². The van der Waals surface area contributed by atoms with Crippen LogP contribution in [0.2, 0.25) is 19.6 Å². The minimum Gasteiger partial charge on any atom is -0.258 e. The first kappa shape index (κ1) is 13.3. The third-order valence-electron chi connectivity index (χ3n) is 2.23. The monoisotopic (exact) mass is 281 g/mol. The van der Waals surface area contributed by atoms with Crippen molar-refractivity contribution in [2.24, 2.45) is 0 Å². The van der Waals surface area contributed by atoms with Gasteiger partial charge in [-0.25, -0.2) is 9.37 Å². The Kier molecular flexibility index (Phi) is 3.87. The van der Waals surface area contributed by atoms with Crippen LogP contribution < -0.4 is 0 Å². The van der Waals surface area contributed by atoms with Crippen LogP contribution in [0.1, 0.15) is 0 Å². The number of hydrogen-bond donors (Lipinski definition) is 1. The molecule has 0 aliphatic carbocycles. The summed E-state index contributed by atoms with van der Waals surface area (Å²) in [6.45, 7) is 6.89. The molecule has 2 rings (SSSR count). The maximum Gasteiger partial charge on any atom is 0.208 e. The van der Waals surface area contributed by atoms with Crippen LogP contribution in [0.5, 0.6) is 0 Å². The second kappa shape index (κ2) is 5.24. The van der Waals surface area contributed by atoms with Crippen molar-refractivity contribution < 1.29 is 4.39 Å². The zero-order valence-electron chi connectivity index (χ0n) is 10.7. The molecule has 0 bridgehead atoms. The van der Waals surface area contributed by atoms with E-state index in [0.29, 0.717) is 16.5 Å². The van der Waals surface area contributed by atoms with E-state index in [1.165, 1.54) is 6.07 Å². The lowest BCUT2D eigenvalue weighted by atomic mass is 10.2. The zero-order chi connectivity index (χ0) is 13.2. The van der Waals surface area contributed by atoms with E-state index >= 15 is 0 Å². The molecule has 96 valence electrons. The summed E-state index contributed by atoms with van der Waals surface area (Å²) in [7, 11) is -1.13. The molecule has 1 heterocycles. The molecule has 6 heteroatoms. The van der Waals surface area contributed by atoms with Crippen molar-refractivity contribution in [1.29, 1.82) is 0 Å². The number of rotatable bonds is 4. The Morgan fingerprint density at radius 1 is 1.28 bits per heavy atom. The summed E-state index contributed by atoms with van der Waals surface area (Å²) >= 11 is 1.63. The van der Waals surface area contributed by atoms with Gasteiger partial charge in [0.05, 0.1) is 13.6 Å². The highest BCUT2D eigenvalue weighted by atomic mass is 32.2. The van der Waals surface area contributed by atoms with Gasteiger partial charge in [0, 0.05) is 0 Å². The quantitative estimate of drug-likeness (QED) is 0.688. The highest BCUT2D eigenvalue weighted by molar-refractivity contribution is 8.00. The van der Waals surface area contributed by atoms with Crippen LogP contribution >= 0.6 is 11.8 Å². The van der Waals surface area contributed by atoms with Gasteiger partial charge >= 0.3 is 0 Å². The molecule has 1 N–H and O–H groups in total. The first-order valence-corrected chi connectivity index (χ1v) is 10.4. The van der Waals surface area contributed by atoms with Crippen molar-refractivity contribution in [2.45, 2.75) is 24.8 Å². The summed E-state index contributed by atoms with van der Waals surface area (Å²) in [5, 5.41) is 8.66. The molecule has 2 aromatic rings. The van der Waals surface area contributed by atoms with Gasteiger partial charge in [-0.05, 0) is 17.5 Å². The van der Waals surface area contributed by atoms with Gasteiger partial charge < -0.3 is 0 Å². The molecule has 0 fully saturated rings. The van der Waals surface area contributed by atoms with Gasteiger partial charge in [0.25, 0.3) is 0 Å². The Morgan fingerprint density at radius 3 is 2.67 bits per heavy atom. The molecule has 0 saturated carbocycles. The average molecular weight is 281 g/mol. The number of aromatic amines is 1. The Morgan fingerprint density at radius 2 is 2.00 bits per heavy atom. The second-order valence-corrected chi connectivity index (χ2v) is 12.2. The van der Waals surface area contributed by atoms with Crippen molar-refractivity contribution in [3.05, 3.63) is 30.1 Å². The highest BCUT2D eigenvalue weighted by Crippen LogP contribution is 2.23. The summed E-state index contributed by atoms with van der Waals surface area (Å²) in [6.07, 6.45) is 0. The van der Waals surface area contributed by atoms with Gasteiger partial charge in [-0.15, -0.1) is 5.10 Å². The minimum atomic E-state index is -1.13. The largest absolute Gasteiger partial charge is 0.258 e. The molecule has 0 spiro atoms. The minimum absolute atomic E-state index is 0.282. The van der Waals surface area contributed by atoms with Crippen LogP contribution in [0, 0.1) is 5.82 Å². The number of H-pyrrole nitrogens is 1. The first-order valence-electron chi connectivity index (χ1n) is 5.76. The topological polar surface area (TPSA) is 41.6 Å². The van der Waals surface area contributed by atoms with Crippen LogP contribution in [0.15, 0.2) is 29.4 Å². The average Bonchev–Trinajstić information content (AvgIpc) is 2.75. The molecular formula is C12H16FN3SSi. The fourth-order valence-electron chi connectivity index (χ4n) is 1.37. The highest BCUT2D eigenvalue weighted by Gasteiger charge is 2.16. The number of thioether (sulfide) groups is 1. The Balaban J connectivity index is 2.14. The SMILES string of the molecule is C[Si](C)(C)CSc1n[nH]c(-c2ccccc2F)n1. The van der Waals surface area contributed by atoms with Gasteiger partial charge in [-0.3, -0.25) is 5.10 Å². The van der Waals surface area contributed by atoms with Crippen molar-refractivity contribution in [1.82, 2.24) is 15.2 Å². The van der Waals surface area contributed by atoms with E-state index in [1.54, 1.807) is 30.0 Å². The summed E-state index contributed by atoms with van der Waals surface area (Å²) in [5.41, 5.74) is 0.463. The molecule has 1 aromatic carbocycles. The van der Waals surface area contributed by atoms with Crippen LogP contribution in [-0.2, 0) is 0 Å². The van der Waals surface area contributed by atoms with E-state index in [2.05, 4.69) is 34.8 Å². The number of nitrogens with one attached hydrogen (secondary N) is 1. The van der Waals surface area contributed by atoms with Crippen LogP contribution in [0.4, 0.5) is 4.39 Å². The summed E-state index contributed by atoms with van der Waals surface area (Å²) in [4.78, 5) is 4.32. The number of benzene rings is 1. The molecule has 0 saturated heterocycles. The van der Waals surface area contributed by atoms with E-state index in [0.717, 1.165) is 5.38 Å². The lowest BCUT2D eigenvalue weighted by Gasteiger charge is -2.12. The van der Waals surface area contributed by atoms with E-state index in [4.69, 9.17) is 0 Å². The first-order chi connectivity index (χ1) is 8.46. The predicted octanol–water partition coefficient (Wildman–Crippen LogP) is 3.58. The molecule has 0 radical (unpaired) electrons. The number of nitrogens with zero attached hydrogens (tertiary/aromatic N) is 2. The van der Waals surface area contributed by atoms with Crippen molar-refractivity contribution in [2.75, 3.05) is 5.38 Å². The maximum atomic E-state index is 13.6. The van der Waals surface area contributed by atoms with Crippen molar-refractivity contribution in [3.63, 3.8) is 0 Å². The van der Waals surface area contributed by atoms with Gasteiger partial charge in [0.2, 0.25) is 5.16 Å². The third kappa shape index (κ3) is 3.43. The number of aromatic nitrogens is 3. The van der Waals surface area contributed by atoms with Crippen LogP contribution in [0.3, 0.4) is 0 Å². The Hall–Kier alpha value is -1.14. The van der Waals surface area contributed by atoms with E-state index in [-0.39, 0.29) is 5.82 Å². The summed E-state index contributed by atoms with van der Waals surface area (Å²) in [5.74, 6) is 0.210.